The largest absolute Gasteiger partial charge is 0.362 e. The highest BCUT2D eigenvalue weighted by molar-refractivity contribution is 5.54. The van der Waals surface area contributed by atoms with Gasteiger partial charge in [0.1, 0.15) is 6.20 Å². The molecule has 0 atom stereocenters. The minimum Gasteiger partial charge on any atom is -0.362 e. The van der Waals surface area contributed by atoms with E-state index in [9.17, 15) is 10.1 Å². The zero-order valence-corrected chi connectivity index (χ0v) is 9.14. The van der Waals surface area contributed by atoms with Crippen molar-refractivity contribution in [2.24, 2.45) is 7.05 Å². The number of aryl methyl sites for hydroxylation is 1. The van der Waals surface area contributed by atoms with Gasteiger partial charge >= 0.3 is 5.69 Å². The van der Waals surface area contributed by atoms with Gasteiger partial charge in [0.15, 0.2) is 0 Å². The van der Waals surface area contributed by atoms with Gasteiger partial charge in [-0.15, -0.1) is 5.10 Å². The van der Waals surface area contributed by atoms with Gasteiger partial charge in [-0.1, -0.05) is 0 Å². The lowest BCUT2D eigenvalue weighted by atomic mass is 10.5. The lowest BCUT2D eigenvalue weighted by Gasteiger charge is -2.03. The van der Waals surface area contributed by atoms with Gasteiger partial charge in [-0.05, 0) is 12.8 Å². The van der Waals surface area contributed by atoms with Crippen LogP contribution in [0.15, 0.2) is 6.20 Å². The smallest absolute Gasteiger partial charge is 0.330 e. The molecule has 0 radical (unpaired) electrons. The summed E-state index contributed by atoms with van der Waals surface area (Å²) in [5.74, 6) is 0.338. The van der Waals surface area contributed by atoms with Crippen LogP contribution in [0.5, 0.6) is 0 Å². The van der Waals surface area contributed by atoms with Crippen LogP contribution in [0, 0.1) is 10.1 Å². The third kappa shape index (κ3) is 2.69. The second-order valence-corrected chi connectivity index (χ2v) is 3.95. The molecule has 16 heavy (non-hydrogen) atoms. The van der Waals surface area contributed by atoms with Gasteiger partial charge in [0.2, 0.25) is 5.82 Å². The van der Waals surface area contributed by atoms with Gasteiger partial charge in [0.25, 0.3) is 0 Å². The Morgan fingerprint density at radius 2 is 2.38 bits per heavy atom. The molecule has 7 nitrogen and oxygen atoms in total. The second-order valence-electron chi connectivity index (χ2n) is 3.95. The molecule has 88 valence electrons. The molecule has 2 N–H and O–H groups in total. The highest BCUT2D eigenvalue weighted by Gasteiger charge is 2.20. The molecule has 7 heteroatoms. The summed E-state index contributed by atoms with van der Waals surface area (Å²) in [6.45, 7) is 1.45. The Morgan fingerprint density at radius 1 is 1.62 bits per heavy atom. The minimum atomic E-state index is -0.427. The highest BCUT2D eigenvalue weighted by Crippen LogP contribution is 2.21. The Kier molecular flexibility index (Phi) is 3.04. The first-order chi connectivity index (χ1) is 7.66. The fourth-order valence-corrected chi connectivity index (χ4v) is 1.48. The molecule has 1 saturated carbocycles. The van der Waals surface area contributed by atoms with Crippen molar-refractivity contribution in [1.82, 2.24) is 15.1 Å². The zero-order chi connectivity index (χ0) is 11.5. The predicted molar refractivity (Wildman–Crippen MR) is 59.4 cm³/mol. The molecule has 0 saturated heterocycles. The number of nitrogens with one attached hydrogen (secondary N) is 2. The topological polar surface area (TPSA) is 85.0 Å². The van der Waals surface area contributed by atoms with Crippen molar-refractivity contribution in [1.29, 1.82) is 0 Å². The van der Waals surface area contributed by atoms with E-state index >= 15 is 0 Å². The van der Waals surface area contributed by atoms with Crippen molar-refractivity contribution in [2.75, 3.05) is 18.4 Å². The van der Waals surface area contributed by atoms with E-state index in [4.69, 9.17) is 0 Å². The molecule has 0 unspecified atom stereocenters. The molecule has 0 spiro atoms. The van der Waals surface area contributed by atoms with E-state index in [0.29, 0.717) is 18.4 Å². The Hall–Kier alpha value is -1.63. The standard InChI is InChI=1S/C9H15N5O2/c1-13-6-8(14(15)16)9(12-13)11-5-4-10-7-2-3-7/h6-7,10H,2-5H2,1H3,(H,11,12). The normalized spacial score (nSPS) is 15.1. The minimum absolute atomic E-state index is 0.0221. The van der Waals surface area contributed by atoms with Crippen LogP contribution in [0.3, 0.4) is 0 Å². The summed E-state index contributed by atoms with van der Waals surface area (Å²) in [5, 5.41) is 21.0. The van der Waals surface area contributed by atoms with Crippen molar-refractivity contribution in [3.05, 3.63) is 16.3 Å². The average molecular weight is 225 g/mol. The van der Waals surface area contributed by atoms with Crippen molar-refractivity contribution in [3.63, 3.8) is 0 Å². The molecule has 0 bridgehead atoms. The Morgan fingerprint density at radius 3 is 3.00 bits per heavy atom. The molecular formula is C9H15N5O2. The van der Waals surface area contributed by atoms with E-state index in [2.05, 4.69) is 15.7 Å². The number of aromatic nitrogens is 2. The van der Waals surface area contributed by atoms with E-state index in [1.54, 1.807) is 7.05 Å². The SMILES string of the molecule is Cn1cc([N+](=O)[O-])c(NCCNC2CC2)n1. The van der Waals surface area contributed by atoms with Crippen LogP contribution in [-0.4, -0.2) is 33.8 Å². The first-order valence-corrected chi connectivity index (χ1v) is 5.32. The van der Waals surface area contributed by atoms with Gasteiger partial charge in [-0.3, -0.25) is 14.8 Å². The Balaban J connectivity index is 1.84. The molecule has 0 aliphatic heterocycles. The Labute approximate surface area is 93.0 Å². The predicted octanol–water partition coefficient (Wildman–Crippen LogP) is 0.492. The van der Waals surface area contributed by atoms with Crippen LogP contribution in [0.25, 0.3) is 0 Å². The first kappa shape index (κ1) is 10.9. The molecule has 1 heterocycles. The number of rotatable bonds is 6. The molecule has 0 amide bonds. The number of anilines is 1. The van der Waals surface area contributed by atoms with E-state index in [1.165, 1.54) is 23.7 Å². The van der Waals surface area contributed by atoms with Crippen LogP contribution >= 0.6 is 0 Å². The van der Waals surface area contributed by atoms with E-state index < -0.39 is 4.92 Å². The summed E-state index contributed by atoms with van der Waals surface area (Å²) >= 11 is 0. The number of hydrogen-bond acceptors (Lipinski definition) is 5. The fourth-order valence-electron chi connectivity index (χ4n) is 1.48. The molecule has 1 aromatic heterocycles. The van der Waals surface area contributed by atoms with Crippen LogP contribution in [0.1, 0.15) is 12.8 Å². The van der Waals surface area contributed by atoms with E-state index in [-0.39, 0.29) is 5.69 Å². The van der Waals surface area contributed by atoms with E-state index in [1.807, 2.05) is 0 Å². The molecule has 0 aromatic carbocycles. The van der Waals surface area contributed by atoms with Gasteiger partial charge < -0.3 is 10.6 Å². The second kappa shape index (κ2) is 4.48. The number of hydrogen-bond donors (Lipinski definition) is 2. The maximum absolute atomic E-state index is 10.7. The zero-order valence-electron chi connectivity index (χ0n) is 9.14. The van der Waals surface area contributed by atoms with Crippen molar-refractivity contribution >= 4 is 11.5 Å². The quantitative estimate of drug-likeness (QED) is 0.418. The summed E-state index contributed by atoms with van der Waals surface area (Å²) in [6, 6.07) is 0.653. The summed E-state index contributed by atoms with van der Waals surface area (Å²) in [7, 11) is 1.67. The Bertz CT molecular complexity index is 385. The summed E-state index contributed by atoms with van der Waals surface area (Å²) in [4.78, 5) is 10.3. The molecule has 1 aliphatic rings. The third-order valence-corrected chi connectivity index (χ3v) is 2.43. The lowest BCUT2D eigenvalue weighted by molar-refractivity contribution is -0.384. The fraction of sp³-hybridized carbons (Fsp3) is 0.667. The molecule has 1 fully saturated rings. The lowest BCUT2D eigenvalue weighted by Crippen LogP contribution is -2.24. The average Bonchev–Trinajstić information content (AvgIpc) is 2.96. The van der Waals surface area contributed by atoms with Crippen LogP contribution < -0.4 is 10.6 Å². The number of nitrogens with zero attached hydrogens (tertiary/aromatic N) is 3. The monoisotopic (exact) mass is 225 g/mol. The first-order valence-electron chi connectivity index (χ1n) is 5.32. The molecule has 2 rings (SSSR count). The van der Waals surface area contributed by atoms with Gasteiger partial charge in [-0.25, -0.2) is 0 Å². The van der Waals surface area contributed by atoms with Crippen LogP contribution in [0.2, 0.25) is 0 Å². The van der Waals surface area contributed by atoms with Crippen molar-refractivity contribution in [2.45, 2.75) is 18.9 Å². The van der Waals surface area contributed by atoms with Gasteiger partial charge in [-0.2, -0.15) is 0 Å². The maximum atomic E-state index is 10.7. The van der Waals surface area contributed by atoms with Crippen LogP contribution in [0.4, 0.5) is 11.5 Å². The third-order valence-electron chi connectivity index (χ3n) is 2.43. The van der Waals surface area contributed by atoms with E-state index in [0.717, 1.165) is 6.54 Å². The summed E-state index contributed by atoms with van der Waals surface area (Å²) in [6.07, 6.45) is 3.88. The van der Waals surface area contributed by atoms with Crippen molar-refractivity contribution < 1.29 is 4.92 Å². The van der Waals surface area contributed by atoms with Gasteiger partial charge in [0, 0.05) is 26.2 Å². The molecule has 1 aromatic rings. The summed E-state index contributed by atoms with van der Waals surface area (Å²) < 4.78 is 1.44. The summed E-state index contributed by atoms with van der Waals surface area (Å²) in [5.41, 5.74) is 0.0221. The van der Waals surface area contributed by atoms with Gasteiger partial charge in [0.05, 0.1) is 4.92 Å². The van der Waals surface area contributed by atoms with Crippen molar-refractivity contribution in [3.8, 4) is 0 Å². The molecular weight excluding hydrogens is 210 g/mol. The molecule has 1 aliphatic carbocycles. The highest BCUT2D eigenvalue weighted by atomic mass is 16.6. The maximum Gasteiger partial charge on any atom is 0.330 e. The number of nitro groups is 1. The van der Waals surface area contributed by atoms with Crippen LogP contribution in [-0.2, 0) is 7.05 Å².